The summed E-state index contributed by atoms with van der Waals surface area (Å²) < 4.78 is 10.1. The summed E-state index contributed by atoms with van der Waals surface area (Å²) >= 11 is 0. The number of esters is 1. The van der Waals surface area contributed by atoms with Crippen LogP contribution in [0.15, 0.2) is 42.5 Å². The van der Waals surface area contributed by atoms with Gasteiger partial charge >= 0.3 is 5.97 Å². The van der Waals surface area contributed by atoms with Gasteiger partial charge in [0.15, 0.2) is 0 Å². The normalized spacial score (nSPS) is 9.96. The van der Waals surface area contributed by atoms with Crippen LogP contribution in [-0.2, 0) is 11.3 Å². The molecule has 0 aliphatic carbocycles. The molecule has 7 heteroatoms. The Kier molecular flexibility index (Phi) is 5.03. The van der Waals surface area contributed by atoms with Crippen LogP contribution in [0.25, 0.3) is 0 Å². The highest BCUT2D eigenvalue weighted by Crippen LogP contribution is 2.25. The van der Waals surface area contributed by atoms with Crippen molar-refractivity contribution < 1.29 is 24.0 Å². The molecule has 0 aromatic heterocycles. The molecule has 0 N–H and O–H groups in total. The standard InChI is InChI=1S/C16H13NO6/c1-22-16(19)13-3-2-4-15(17(20)21)14(13)10-23-12-7-5-11(9-18)6-8-12/h2-9H,10H2,1H3. The van der Waals surface area contributed by atoms with E-state index < -0.39 is 10.9 Å². The van der Waals surface area contributed by atoms with Crippen LogP contribution in [0.5, 0.6) is 5.75 Å². The summed E-state index contributed by atoms with van der Waals surface area (Å²) in [4.78, 5) is 32.9. The molecule has 0 aliphatic heterocycles. The maximum absolute atomic E-state index is 11.8. The zero-order valence-corrected chi connectivity index (χ0v) is 12.2. The first kappa shape index (κ1) is 16.2. The van der Waals surface area contributed by atoms with Crippen LogP contribution < -0.4 is 4.74 Å². The van der Waals surface area contributed by atoms with E-state index in [1.54, 1.807) is 24.3 Å². The summed E-state index contributed by atoms with van der Waals surface area (Å²) in [7, 11) is 1.20. The van der Waals surface area contributed by atoms with Gasteiger partial charge in [-0.2, -0.15) is 0 Å². The van der Waals surface area contributed by atoms with E-state index in [1.165, 1.54) is 25.3 Å². The minimum Gasteiger partial charge on any atom is -0.489 e. The van der Waals surface area contributed by atoms with Crippen LogP contribution in [0, 0.1) is 10.1 Å². The number of methoxy groups -OCH3 is 1. The first-order valence-electron chi connectivity index (χ1n) is 6.59. The predicted octanol–water partition coefficient (Wildman–Crippen LogP) is 2.77. The quantitative estimate of drug-likeness (QED) is 0.352. The Morgan fingerprint density at radius 1 is 1.22 bits per heavy atom. The second kappa shape index (κ2) is 7.17. The molecular weight excluding hydrogens is 302 g/mol. The Morgan fingerprint density at radius 3 is 2.48 bits per heavy atom. The molecule has 0 unspecified atom stereocenters. The van der Waals surface area contributed by atoms with Crippen LogP contribution in [0.1, 0.15) is 26.3 Å². The molecule has 23 heavy (non-hydrogen) atoms. The van der Waals surface area contributed by atoms with Crippen LogP contribution >= 0.6 is 0 Å². The molecule has 2 aromatic rings. The van der Waals surface area contributed by atoms with Crippen molar-refractivity contribution in [2.45, 2.75) is 6.61 Å². The van der Waals surface area contributed by atoms with Gasteiger partial charge < -0.3 is 9.47 Å². The maximum atomic E-state index is 11.8. The Morgan fingerprint density at radius 2 is 1.91 bits per heavy atom. The van der Waals surface area contributed by atoms with Crippen LogP contribution in [0.3, 0.4) is 0 Å². The molecule has 0 fully saturated rings. The summed E-state index contributed by atoms with van der Waals surface area (Å²) in [6, 6.07) is 10.4. The van der Waals surface area contributed by atoms with Gasteiger partial charge in [0, 0.05) is 11.6 Å². The SMILES string of the molecule is COC(=O)c1cccc([N+](=O)[O-])c1COc1ccc(C=O)cc1. The number of carbonyl (C=O) groups excluding carboxylic acids is 2. The van der Waals surface area contributed by atoms with Gasteiger partial charge in [0.1, 0.15) is 18.6 Å². The number of hydrogen-bond donors (Lipinski definition) is 0. The van der Waals surface area contributed by atoms with E-state index in [0.29, 0.717) is 17.6 Å². The number of nitro groups is 1. The lowest BCUT2D eigenvalue weighted by atomic mass is 10.1. The Hall–Kier alpha value is -3.22. The van der Waals surface area contributed by atoms with Gasteiger partial charge in [-0.05, 0) is 30.3 Å². The molecule has 0 atom stereocenters. The smallest absolute Gasteiger partial charge is 0.338 e. The number of nitrogens with zero attached hydrogens (tertiary/aromatic N) is 1. The van der Waals surface area contributed by atoms with Crippen molar-refractivity contribution in [2.24, 2.45) is 0 Å². The van der Waals surface area contributed by atoms with E-state index in [9.17, 15) is 19.7 Å². The van der Waals surface area contributed by atoms with Gasteiger partial charge in [-0.25, -0.2) is 4.79 Å². The molecule has 2 rings (SSSR count). The van der Waals surface area contributed by atoms with E-state index in [2.05, 4.69) is 4.74 Å². The van der Waals surface area contributed by atoms with Crippen molar-refractivity contribution in [2.75, 3.05) is 7.11 Å². The summed E-state index contributed by atoms with van der Waals surface area (Å²) in [6.45, 7) is -0.179. The lowest BCUT2D eigenvalue weighted by molar-refractivity contribution is -0.385. The van der Waals surface area contributed by atoms with Crippen molar-refractivity contribution in [1.82, 2.24) is 0 Å². The fourth-order valence-electron chi connectivity index (χ4n) is 2.00. The number of rotatable bonds is 6. The second-order valence-electron chi connectivity index (χ2n) is 4.53. The number of carbonyl (C=O) groups is 2. The summed E-state index contributed by atoms with van der Waals surface area (Å²) in [5.74, 6) is -0.256. The number of aldehydes is 1. The third kappa shape index (κ3) is 3.70. The van der Waals surface area contributed by atoms with Gasteiger partial charge in [0.25, 0.3) is 5.69 Å². The Bertz CT molecular complexity index is 739. The minimum absolute atomic E-state index is 0.0752. The lowest BCUT2D eigenvalue weighted by Crippen LogP contribution is -2.10. The molecule has 0 saturated heterocycles. The van der Waals surface area contributed by atoms with Crippen LogP contribution in [-0.4, -0.2) is 24.3 Å². The van der Waals surface area contributed by atoms with E-state index in [0.717, 1.165) is 0 Å². The third-order valence-electron chi connectivity index (χ3n) is 3.15. The molecule has 0 radical (unpaired) electrons. The molecule has 0 saturated carbocycles. The van der Waals surface area contributed by atoms with Crippen molar-refractivity contribution >= 4 is 17.9 Å². The van der Waals surface area contributed by atoms with E-state index in [-0.39, 0.29) is 23.4 Å². The summed E-state index contributed by atoms with van der Waals surface area (Å²) in [5.41, 5.74) is 0.464. The molecule has 0 spiro atoms. The van der Waals surface area contributed by atoms with Gasteiger partial charge in [-0.3, -0.25) is 14.9 Å². The van der Waals surface area contributed by atoms with E-state index in [4.69, 9.17) is 4.74 Å². The molecule has 0 bridgehead atoms. The monoisotopic (exact) mass is 315 g/mol. The van der Waals surface area contributed by atoms with Crippen molar-refractivity contribution in [3.63, 3.8) is 0 Å². The van der Waals surface area contributed by atoms with E-state index >= 15 is 0 Å². The Labute approximate surface area is 131 Å². The molecule has 0 heterocycles. The largest absolute Gasteiger partial charge is 0.489 e. The third-order valence-corrected chi connectivity index (χ3v) is 3.15. The molecule has 2 aromatic carbocycles. The molecule has 0 amide bonds. The highest BCUT2D eigenvalue weighted by atomic mass is 16.6. The molecular formula is C16H13NO6. The molecule has 118 valence electrons. The number of nitro benzene ring substituents is 1. The minimum atomic E-state index is -0.677. The van der Waals surface area contributed by atoms with Gasteiger partial charge in [-0.1, -0.05) is 6.07 Å². The topological polar surface area (TPSA) is 95.7 Å². The summed E-state index contributed by atoms with van der Waals surface area (Å²) in [5, 5.41) is 11.1. The van der Waals surface area contributed by atoms with Crippen molar-refractivity contribution in [3.8, 4) is 5.75 Å². The van der Waals surface area contributed by atoms with Crippen molar-refractivity contribution in [1.29, 1.82) is 0 Å². The van der Waals surface area contributed by atoms with Gasteiger partial charge in [-0.15, -0.1) is 0 Å². The lowest BCUT2D eigenvalue weighted by Gasteiger charge is -2.10. The fraction of sp³-hybridized carbons (Fsp3) is 0.125. The van der Waals surface area contributed by atoms with Crippen LogP contribution in [0.4, 0.5) is 5.69 Å². The highest BCUT2D eigenvalue weighted by Gasteiger charge is 2.22. The van der Waals surface area contributed by atoms with Crippen molar-refractivity contribution in [3.05, 3.63) is 69.3 Å². The second-order valence-corrected chi connectivity index (χ2v) is 4.53. The Balaban J connectivity index is 2.30. The number of benzene rings is 2. The predicted molar refractivity (Wildman–Crippen MR) is 80.6 cm³/mol. The molecule has 7 nitrogen and oxygen atoms in total. The zero-order valence-electron chi connectivity index (χ0n) is 12.2. The van der Waals surface area contributed by atoms with Crippen LogP contribution in [0.2, 0.25) is 0 Å². The fourth-order valence-corrected chi connectivity index (χ4v) is 2.00. The van der Waals surface area contributed by atoms with Gasteiger partial charge in [0.05, 0.1) is 23.2 Å². The molecule has 0 aliphatic rings. The average molecular weight is 315 g/mol. The first-order valence-corrected chi connectivity index (χ1v) is 6.59. The average Bonchev–Trinajstić information content (AvgIpc) is 2.59. The first-order chi connectivity index (χ1) is 11.1. The maximum Gasteiger partial charge on any atom is 0.338 e. The zero-order chi connectivity index (χ0) is 16.8. The van der Waals surface area contributed by atoms with Gasteiger partial charge in [0.2, 0.25) is 0 Å². The number of ether oxygens (including phenoxy) is 2. The highest BCUT2D eigenvalue weighted by molar-refractivity contribution is 5.92. The summed E-state index contributed by atoms with van der Waals surface area (Å²) in [6.07, 6.45) is 0.696. The van der Waals surface area contributed by atoms with E-state index in [1.807, 2.05) is 0 Å². The number of hydrogen-bond acceptors (Lipinski definition) is 6.